The Morgan fingerprint density at radius 2 is 2.31 bits per heavy atom. The van der Waals surface area contributed by atoms with Crippen LogP contribution in [0.2, 0.25) is 0 Å². The molecular weight excluding hydrogens is 234 g/mol. The first-order valence-corrected chi connectivity index (χ1v) is 4.38. The molecule has 2 N–H and O–H groups in total. The predicted octanol–water partition coefficient (Wildman–Crippen LogP) is 2.08. The Hall–Kier alpha value is -1.36. The van der Waals surface area contributed by atoms with Crippen LogP contribution in [0.15, 0.2) is 33.5 Å². The summed E-state index contributed by atoms with van der Waals surface area (Å²) in [7, 11) is 0. The molecule has 2 aromatic heterocycles. The highest BCUT2D eigenvalue weighted by Gasteiger charge is 2.05. The van der Waals surface area contributed by atoms with Crippen molar-refractivity contribution in [2.24, 2.45) is 0 Å². The number of halogens is 1. The average molecular weight is 240 g/mol. The van der Waals surface area contributed by atoms with Gasteiger partial charge in [-0.15, -0.1) is 0 Å². The zero-order chi connectivity index (χ0) is 9.26. The van der Waals surface area contributed by atoms with E-state index in [0.29, 0.717) is 21.9 Å². The van der Waals surface area contributed by atoms with Crippen molar-refractivity contribution in [1.82, 2.24) is 9.97 Å². The summed E-state index contributed by atoms with van der Waals surface area (Å²) in [5.41, 5.74) is 5.59. The van der Waals surface area contributed by atoms with Gasteiger partial charge in [0, 0.05) is 6.20 Å². The number of anilines is 1. The highest BCUT2D eigenvalue weighted by Crippen LogP contribution is 2.20. The summed E-state index contributed by atoms with van der Waals surface area (Å²) in [6, 6.07) is 3.56. The summed E-state index contributed by atoms with van der Waals surface area (Å²) < 4.78 is 5.80. The molecule has 2 rings (SSSR count). The lowest BCUT2D eigenvalue weighted by Crippen LogP contribution is -1.95. The van der Waals surface area contributed by atoms with E-state index in [2.05, 4.69) is 25.9 Å². The second-order valence-corrected chi connectivity index (χ2v) is 3.26. The van der Waals surface area contributed by atoms with Crippen LogP contribution >= 0.6 is 15.9 Å². The number of nitrogens with zero attached hydrogens (tertiary/aromatic N) is 2. The number of nitrogens with two attached hydrogens (primary N) is 1. The van der Waals surface area contributed by atoms with Gasteiger partial charge in [-0.05, 0) is 28.1 Å². The van der Waals surface area contributed by atoms with Gasteiger partial charge in [0.2, 0.25) is 0 Å². The van der Waals surface area contributed by atoms with E-state index < -0.39 is 0 Å². The van der Waals surface area contributed by atoms with Crippen LogP contribution in [0.1, 0.15) is 0 Å². The maximum absolute atomic E-state index is 5.59. The van der Waals surface area contributed by atoms with Gasteiger partial charge in [0.1, 0.15) is 5.82 Å². The van der Waals surface area contributed by atoms with Crippen molar-refractivity contribution in [3.05, 3.63) is 29.1 Å². The smallest absolute Gasteiger partial charge is 0.197 e. The van der Waals surface area contributed by atoms with E-state index in [0.717, 1.165) is 0 Å². The van der Waals surface area contributed by atoms with Crippen molar-refractivity contribution in [1.29, 1.82) is 0 Å². The summed E-state index contributed by atoms with van der Waals surface area (Å²) in [5, 5.41) is 0. The SMILES string of the molecule is Nc1nc(-c2ccco2)ncc1Br. The maximum atomic E-state index is 5.59. The van der Waals surface area contributed by atoms with Crippen LogP contribution in [0.25, 0.3) is 11.6 Å². The minimum absolute atomic E-state index is 0.404. The van der Waals surface area contributed by atoms with Gasteiger partial charge in [-0.3, -0.25) is 0 Å². The number of rotatable bonds is 1. The normalized spacial score (nSPS) is 10.2. The highest BCUT2D eigenvalue weighted by atomic mass is 79.9. The second-order valence-electron chi connectivity index (χ2n) is 2.40. The molecule has 0 bridgehead atoms. The van der Waals surface area contributed by atoms with Crippen molar-refractivity contribution >= 4 is 21.7 Å². The highest BCUT2D eigenvalue weighted by molar-refractivity contribution is 9.10. The van der Waals surface area contributed by atoms with Crippen molar-refractivity contribution in [2.45, 2.75) is 0 Å². The monoisotopic (exact) mass is 239 g/mol. The van der Waals surface area contributed by atoms with Crippen LogP contribution in [-0.4, -0.2) is 9.97 Å². The molecule has 0 spiro atoms. The van der Waals surface area contributed by atoms with E-state index in [1.165, 1.54) is 0 Å². The largest absolute Gasteiger partial charge is 0.461 e. The molecule has 2 aromatic rings. The molecule has 0 saturated carbocycles. The minimum atomic E-state index is 0.404. The molecule has 0 unspecified atom stereocenters. The standard InChI is InChI=1S/C8H6BrN3O/c9-5-4-11-8(12-7(5)10)6-2-1-3-13-6/h1-4H,(H2,10,11,12). The molecule has 0 amide bonds. The molecule has 2 heterocycles. The van der Waals surface area contributed by atoms with Crippen LogP contribution in [-0.2, 0) is 0 Å². The first kappa shape index (κ1) is 8.25. The molecular formula is C8H6BrN3O. The lowest BCUT2D eigenvalue weighted by molar-refractivity contribution is 0.577. The van der Waals surface area contributed by atoms with Gasteiger partial charge in [-0.25, -0.2) is 9.97 Å². The zero-order valence-corrected chi connectivity index (χ0v) is 8.15. The number of hydrogen-bond donors (Lipinski definition) is 1. The van der Waals surface area contributed by atoms with E-state index in [1.54, 1.807) is 24.6 Å². The fourth-order valence-electron chi connectivity index (χ4n) is 0.905. The number of aromatic nitrogens is 2. The Balaban J connectivity index is 2.49. The van der Waals surface area contributed by atoms with Crippen molar-refractivity contribution in [3.63, 3.8) is 0 Å². The predicted molar refractivity (Wildman–Crippen MR) is 51.8 cm³/mol. The van der Waals surface area contributed by atoms with E-state index in [-0.39, 0.29) is 0 Å². The zero-order valence-electron chi connectivity index (χ0n) is 6.57. The Morgan fingerprint density at radius 3 is 2.92 bits per heavy atom. The molecule has 0 aliphatic heterocycles. The van der Waals surface area contributed by atoms with E-state index in [1.807, 2.05) is 0 Å². The first-order valence-electron chi connectivity index (χ1n) is 3.59. The Kier molecular flexibility index (Phi) is 2.02. The molecule has 0 aliphatic rings. The summed E-state index contributed by atoms with van der Waals surface area (Å²) in [5.74, 6) is 1.51. The lowest BCUT2D eigenvalue weighted by Gasteiger charge is -1.98. The van der Waals surface area contributed by atoms with Crippen LogP contribution < -0.4 is 5.73 Å². The quantitative estimate of drug-likeness (QED) is 0.828. The van der Waals surface area contributed by atoms with E-state index >= 15 is 0 Å². The summed E-state index contributed by atoms with van der Waals surface area (Å²) in [4.78, 5) is 8.09. The van der Waals surface area contributed by atoms with Crippen molar-refractivity contribution < 1.29 is 4.42 Å². The van der Waals surface area contributed by atoms with Gasteiger partial charge < -0.3 is 10.2 Å². The molecule has 0 radical (unpaired) electrons. The molecule has 4 nitrogen and oxygen atoms in total. The number of furan rings is 1. The second kappa shape index (κ2) is 3.18. The van der Waals surface area contributed by atoms with Gasteiger partial charge >= 0.3 is 0 Å². The molecule has 0 atom stereocenters. The first-order chi connectivity index (χ1) is 6.27. The molecule has 0 aromatic carbocycles. The third-order valence-electron chi connectivity index (χ3n) is 1.51. The third-order valence-corrected chi connectivity index (χ3v) is 2.12. The summed E-state index contributed by atoms with van der Waals surface area (Å²) in [6.07, 6.45) is 3.16. The van der Waals surface area contributed by atoms with E-state index in [9.17, 15) is 0 Å². The number of hydrogen-bond acceptors (Lipinski definition) is 4. The summed E-state index contributed by atoms with van der Waals surface area (Å²) >= 11 is 3.21. The van der Waals surface area contributed by atoms with Crippen molar-refractivity contribution in [3.8, 4) is 11.6 Å². The maximum Gasteiger partial charge on any atom is 0.197 e. The summed E-state index contributed by atoms with van der Waals surface area (Å²) in [6.45, 7) is 0. The molecule has 0 fully saturated rings. The van der Waals surface area contributed by atoms with Crippen LogP contribution in [0, 0.1) is 0 Å². The van der Waals surface area contributed by atoms with Crippen molar-refractivity contribution in [2.75, 3.05) is 5.73 Å². The fourth-order valence-corrected chi connectivity index (χ4v) is 1.10. The topological polar surface area (TPSA) is 64.9 Å². The lowest BCUT2D eigenvalue weighted by atomic mass is 10.4. The van der Waals surface area contributed by atoms with Crippen LogP contribution in [0.5, 0.6) is 0 Å². The van der Waals surface area contributed by atoms with Gasteiger partial charge in [0.05, 0.1) is 10.7 Å². The van der Waals surface area contributed by atoms with E-state index in [4.69, 9.17) is 10.2 Å². The molecule has 0 saturated heterocycles. The van der Waals surface area contributed by atoms with Gasteiger partial charge in [0.25, 0.3) is 0 Å². The minimum Gasteiger partial charge on any atom is -0.461 e. The Bertz CT molecular complexity index is 413. The Labute approximate surface area is 82.9 Å². The van der Waals surface area contributed by atoms with Gasteiger partial charge in [0.15, 0.2) is 11.6 Å². The molecule has 13 heavy (non-hydrogen) atoms. The average Bonchev–Trinajstić information content (AvgIpc) is 2.62. The van der Waals surface area contributed by atoms with Gasteiger partial charge in [-0.1, -0.05) is 0 Å². The van der Waals surface area contributed by atoms with Gasteiger partial charge in [-0.2, -0.15) is 0 Å². The molecule has 5 heteroatoms. The van der Waals surface area contributed by atoms with Crippen LogP contribution in [0.3, 0.4) is 0 Å². The Morgan fingerprint density at radius 1 is 1.46 bits per heavy atom. The van der Waals surface area contributed by atoms with Crippen LogP contribution in [0.4, 0.5) is 5.82 Å². The third kappa shape index (κ3) is 1.55. The fraction of sp³-hybridized carbons (Fsp3) is 0. The molecule has 66 valence electrons. The molecule has 0 aliphatic carbocycles. The number of nitrogen functional groups attached to an aromatic ring is 1.